The molecule has 0 spiro atoms. The lowest BCUT2D eigenvalue weighted by Gasteiger charge is -2.13. The molecule has 0 aromatic heterocycles. The second-order valence-corrected chi connectivity index (χ2v) is 4.97. The monoisotopic (exact) mass is 334 g/mol. The molecule has 0 saturated carbocycles. The maximum atomic E-state index is 13.6. The fourth-order valence-corrected chi connectivity index (χ4v) is 2.71. The van der Waals surface area contributed by atoms with Crippen LogP contribution in [0.5, 0.6) is 0 Å². The second kappa shape index (κ2) is 5.33. The lowest BCUT2D eigenvalue weighted by atomic mass is 10.0. The van der Waals surface area contributed by atoms with Crippen LogP contribution in [0.25, 0.3) is 0 Å². The standard InChI is InChI=1S/C13H7BrClF3/c14-12(8-5-4-7(16)6-11(8)18)9-2-1-3-10(17)13(9)15/h1-6,12H. The van der Waals surface area contributed by atoms with Crippen LogP contribution in [0.15, 0.2) is 36.4 Å². The molecule has 18 heavy (non-hydrogen) atoms. The van der Waals surface area contributed by atoms with E-state index in [0.717, 1.165) is 12.1 Å². The molecule has 1 atom stereocenters. The number of halogens is 5. The molecule has 0 N–H and O–H groups in total. The zero-order valence-electron chi connectivity index (χ0n) is 8.93. The van der Waals surface area contributed by atoms with Crippen LogP contribution in [0, 0.1) is 17.5 Å². The Balaban J connectivity index is 2.48. The van der Waals surface area contributed by atoms with Crippen LogP contribution in [0.1, 0.15) is 16.0 Å². The van der Waals surface area contributed by atoms with E-state index in [1.165, 1.54) is 18.2 Å². The van der Waals surface area contributed by atoms with E-state index in [4.69, 9.17) is 11.6 Å². The quantitative estimate of drug-likeness (QED) is 0.658. The highest BCUT2D eigenvalue weighted by molar-refractivity contribution is 9.09. The molecule has 0 nitrogen and oxygen atoms in total. The lowest BCUT2D eigenvalue weighted by molar-refractivity contribution is 0.574. The molecule has 0 amide bonds. The molecule has 0 bridgehead atoms. The van der Waals surface area contributed by atoms with Crippen molar-refractivity contribution in [1.82, 2.24) is 0 Å². The van der Waals surface area contributed by atoms with Crippen LogP contribution in [0.3, 0.4) is 0 Å². The highest BCUT2D eigenvalue weighted by atomic mass is 79.9. The van der Waals surface area contributed by atoms with E-state index >= 15 is 0 Å². The molecule has 2 aromatic rings. The molecular weight excluding hydrogens is 328 g/mol. The largest absolute Gasteiger partial charge is 0.207 e. The molecule has 0 aliphatic heterocycles. The van der Waals surface area contributed by atoms with Gasteiger partial charge in [-0.15, -0.1) is 0 Å². The van der Waals surface area contributed by atoms with Gasteiger partial charge < -0.3 is 0 Å². The third-order valence-corrected chi connectivity index (χ3v) is 3.88. The maximum absolute atomic E-state index is 13.6. The summed E-state index contributed by atoms with van der Waals surface area (Å²) in [5.74, 6) is -1.96. The van der Waals surface area contributed by atoms with Crippen molar-refractivity contribution >= 4 is 27.5 Å². The smallest absolute Gasteiger partial charge is 0.142 e. The summed E-state index contributed by atoms with van der Waals surface area (Å²) >= 11 is 9.06. The summed E-state index contributed by atoms with van der Waals surface area (Å²) in [6.07, 6.45) is 0. The number of alkyl halides is 1. The first kappa shape index (κ1) is 13.4. The van der Waals surface area contributed by atoms with E-state index in [0.29, 0.717) is 5.56 Å². The summed E-state index contributed by atoms with van der Waals surface area (Å²) in [5, 5.41) is -0.0805. The number of hydrogen-bond donors (Lipinski definition) is 0. The summed E-state index contributed by atoms with van der Waals surface area (Å²) in [4.78, 5) is -0.638. The summed E-state index contributed by atoms with van der Waals surface area (Å²) in [5.41, 5.74) is 0.589. The molecule has 0 heterocycles. The van der Waals surface area contributed by atoms with Gasteiger partial charge in [-0.1, -0.05) is 45.7 Å². The Kier molecular flexibility index (Phi) is 3.97. The molecule has 94 valence electrons. The van der Waals surface area contributed by atoms with Crippen molar-refractivity contribution in [1.29, 1.82) is 0 Å². The van der Waals surface area contributed by atoms with Crippen LogP contribution in [0.4, 0.5) is 13.2 Å². The zero-order chi connectivity index (χ0) is 13.3. The van der Waals surface area contributed by atoms with E-state index < -0.39 is 22.3 Å². The average molecular weight is 336 g/mol. The van der Waals surface area contributed by atoms with Gasteiger partial charge in [-0.3, -0.25) is 0 Å². The first-order valence-corrected chi connectivity index (χ1v) is 6.33. The minimum Gasteiger partial charge on any atom is -0.207 e. The third kappa shape index (κ3) is 2.54. The van der Waals surface area contributed by atoms with Crippen molar-refractivity contribution < 1.29 is 13.2 Å². The molecule has 0 radical (unpaired) electrons. The van der Waals surface area contributed by atoms with E-state index in [2.05, 4.69) is 15.9 Å². The fraction of sp³-hybridized carbons (Fsp3) is 0.0769. The van der Waals surface area contributed by atoms with Gasteiger partial charge in [0.2, 0.25) is 0 Å². The van der Waals surface area contributed by atoms with Gasteiger partial charge in [-0.05, 0) is 17.7 Å². The van der Waals surface area contributed by atoms with E-state index in [1.807, 2.05) is 0 Å². The number of rotatable bonds is 2. The Morgan fingerprint density at radius 1 is 0.944 bits per heavy atom. The molecule has 0 aliphatic rings. The number of benzene rings is 2. The van der Waals surface area contributed by atoms with Gasteiger partial charge in [-0.25, -0.2) is 13.2 Å². The summed E-state index contributed by atoms with van der Waals surface area (Å²) in [6.45, 7) is 0. The minimum absolute atomic E-state index is 0.0805. The Labute approximate surface area is 116 Å². The van der Waals surface area contributed by atoms with Crippen LogP contribution in [0.2, 0.25) is 5.02 Å². The van der Waals surface area contributed by atoms with Gasteiger partial charge in [0.15, 0.2) is 0 Å². The highest BCUT2D eigenvalue weighted by Gasteiger charge is 2.19. The SMILES string of the molecule is Fc1ccc(C(Br)c2cccc(F)c2Cl)c(F)c1. The fourth-order valence-electron chi connectivity index (χ4n) is 1.59. The van der Waals surface area contributed by atoms with Gasteiger partial charge in [0.25, 0.3) is 0 Å². The normalized spacial score (nSPS) is 12.5. The van der Waals surface area contributed by atoms with Crippen LogP contribution in [-0.4, -0.2) is 0 Å². The lowest BCUT2D eigenvalue weighted by Crippen LogP contribution is -1.99. The molecule has 5 heteroatoms. The van der Waals surface area contributed by atoms with E-state index in [9.17, 15) is 13.2 Å². The minimum atomic E-state index is -0.711. The van der Waals surface area contributed by atoms with Gasteiger partial charge in [-0.2, -0.15) is 0 Å². The Bertz CT molecular complexity index is 586. The molecule has 2 rings (SSSR count). The van der Waals surface area contributed by atoms with E-state index in [-0.39, 0.29) is 10.6 Å². The van der Waals surface area contributed by atoms with Gasteiger partial charge in [0.05, 0.1) is 9.85 Å². The Hall–Kier alpha value is -1.00. The molecule has 1 unspecified atom stereocenters. The maximum Gasteiger partial charge on any atom is 0.142 e. The van der Waals surface area contributed by atoms with Gasteiger partial charge >= 0.3 is 0 Å². The Morgan fingerprint density at radius 3 is 2.33 bits per heavy atom. The molecule has 0 aliphatic carbocycles. The number of hydrogen-bond acceptors (Lipinski definition) is 0. The van der Waals surface area contributed by atoms with Crippen molar-refractivity contribution in [3.8, 4) is 0 Å². The first-order chi connectivity index (χ1) is 8.50. The van der Waals surface area contributed by atoms with Crippen molar-refractivity contribution in [2.75, 3.05) is 0 Å². The molecule has 0 saturated heterocycles. The predicted octanol–water partition coefficient (Wildman–Crippen LogP) is 5.24. The summed E-state index contributed by atoms with van der Waals surface area (Å²) < 4.78 is 39.7. The Morgan fingerprint density at radius 2 is 1.67 bits per heavy atom. The summed E-state index contributed by atoms with van der Waals surface area (Å²) in [6, 6.07) is 7.48. The van der Waals surface area contributed by atoms with E-state index in [1.54, 1.807) is 6.07 Å². The van der Waals surface area contributed by atoms with Crippen LogP contribution >= 0.6 is 27.5 Å². The van der Waals surface area contributed by atoms with Crippen LogP contribution < -0.4 is 0 Å². The van der Waals surface area contributed by atoms with Crippen molar-refractivity contribution in [2.24, 2.45) is 0 Å². The summed E-state index contributed by atoms with van der Waals surface area (Å²) in [7, 11) is 0. The van der Waals surface area contributed by atoms with Gasteiger partial charge in [0, 0.05) is 11.6 Å². The highest BCUT2D eigenvalue weighted by Crippen LogP contribution is 2.37. The van der Waals surface area contributed by atoms with Crippen molar-refractivity contribution in [3.63, 3.8) is 0 Å². The third-order valence-electron chi connectivity index (χ3n) is 2.49. The second-order valence-electron chi connectivity index (χ2n) is 3.67. The van der Waals surface area contributed by atoms with Crippen LogP contribution in [-0.2, 0) is 0 Å². The topological polar surface area (TPSA) is 0 Å². The first-order valence-electron chi connectivity index (χ1n) is 5.03. The van der Waals surface area contributed by atoms with Crippen molar-refractivity contribution in [3.05, 3.63) is 70.0 Å². The van der Waals surface area contributed by atoms with Crippen molar-refractivity contribution in [2.45, 2.75) is 4.83 Å². The molecule has 2 aromatic carbocycles. The molecule has 0 fully saturated rings. The average Bonchev–Trinajstić information content (AvgIpc) is 2.32. The zero-order valence-corrected chi connectivity index (χ0v) is 11.3. The predicted molar refractivity (Wildman–Crippen MR) is 68.5 cm³/mol. The van der Waals surface area contributed by atoms with Gasteiger partial charge in [0.1, 0.15) is 17.5 Å². The molecular formula is C13H7BrClF3.